The summed E-state index contributed by atoms with van der Waals surface area (Å²) < 4.78 is 6.80. The van der Waals surface area contributed by atoms with Crippen LogP contribution in [0.5, 0.6) is 11.5 Å². The second kappa shape index (κ2) is 8.35. The highest BCUT2D eigenvalue weighted by molar-refractivity contribution is 9.10. The standard InChI is InChI=1S/C22H21BrN2O2/c1-14(2)21-11-10-20(15(3)24-21)22(26)25-17-7-5-9-19(13-17)27-18-8-4-6-16(23)12-18/h4-14H,1-3H3,(H,25,26). The van der Waals surface area contributed by atoms with Crippen molar-refractivity contribution >= 4 is 27.5 Å². The maximum absolute atomic E-state index is 12.6. The van der Waals surface area contributed by atoms with Crippen LogP contribution in [0.4, 0.5) is 5.69 Å². The third-order valence-corrected chi connectivity index (χ3v) is 4.56. The summed E-state index contributed by atoms with van der Waals surface area (Å²) in [6.45, 7) is 6.02. The number of carbonyl (C=O) groups is 1. The first-order chi connectivity index (χ1) is 12.9. The Kier molecular flexibility index (Phi) is 5.91. The van der Waals surface area contributed by atoms with Crippen LogP contribution in [0.15, 0.2) is 65.1 Å². The lowest BCUT2D eigenvalue weighted by atomic mass is 10.1. The number of pyridine rings is 1. The van der Waals surface area contributed by atoms with Gasteiger partial charge in [-0.2, -0.15) is 0 Å². The van der Waals surface area contributed by atoms with Crippen molar-refractivity contribution in [2.24, 2.45) is 0 Å². The van der Waals surface area contributed by atoms with Crippen LogP contribution >= 0.6 is 15.9 Å². The van der Waals surface area contributed by atoms with Gasteiger partial charge in [0, 0.05) is 21.9 Å². The van der Waals surface area contributed by atoms with E-state index in [9.17, 15) is 4.79 Å². The molecule has 0 spiro atoms. The number of nitrogens with one attached hydrogen (secondary N) is 1. The molecule has 0 unspecified atom stereocenters. The number of nitrogens with zero attached hydrogens (tertiary/aromatic N) is 1. The number of aryl methyl sites for hydroxylation is 1. The van der Waals surface area contributed by atoms with Gasteiger partial charge in [-0.1, -0.05) is 41.9 Å². The monoisotopic (exact) mass is 424 g/mol. The van der Waals surface area contributed by atoms with Gasteiger partial charge in [0.05, 0.1) is 11.3 Å². The van der Waals surface area contributed by atoms with Gasteiger partial charge >= 0.3 is 0 Å². The number of carbonyl (C=O) groups excluding carboxylic acids is 1. The first-order valence-electron chi connectivity index (χ1n) is 8.75. The Labute approximate surface area is 167 Å². The molecular formula is C22H21BrN2O2. The lowest BCUT2D eigenvalue weighted by Crippen LogP contribution is -2.14. The van der Waals surface area contributed by atoms with Crippen LogP contribution in [0.3, 0.4) is 0 Å². The third kappa shape index (κ3) is 4.95. The lowest BCUT2D eigenvalue weighted by molar-refractivity contribution is 0.102. The molecule has 138 valence electrons. The molecule has 0 atom stereocenters. The number of rotatable bonds is 5. The van der Waals surface area contributed by atoms with E-state index in [4.69, 9.17) is 4.74 Å². The molecule has 0 radical (unpaired) electrons. The predicted octanol–water partition coefficient (Wildman–Crippen LogP) is 6.32. The van der Waals surface area contributed by atoms with E-state index in [-0.39, 0.29) is 5.91 Å². The number of aromatic nitrogens is 1. The van der Waals surface area contributed by atoms with Crippen molar-refractivity contribution in [2.45, 2.75) is 26.7 Å². The number of hydrogen-bond acceptors (Lipinski definition) is 3. The quantitative estimate of drug-likeness (QED) is 0.521. The SMILES string of the molecule is Cc1nc(C(C)C)ccc1C(=O)Nc1cccc(Oc2cccc(Br)c2)c1. The Morgan fingerprint density at radius 1 is 1.04 bits per heavy atom. The van der Waals surface area contributed by atoms with Crippen LogP contribution in [0, 0.1) is 6.92 Å². The highest BCUT2D eigenvalue weighted by Gasteiger charge is 2.12. The Hall–Kier alpha value is -2.66. The van der Waals surface area contributed by atoms with Gasteiger partial charge in [-0.25, -0.2) is 0 Å². The molecule has 5 heteroatoms. The number of anilines is 1. The summed E-state index contributed by atoms with van der Waals surface area (Å²) in [5.74, 6) is 1.51. The van der Waals surface area contributed by atoms with Crippen molar-refractivity contribution in [1.29, 1.82) is 0 Å². The molecule has 1 aromatic heterocycles. The second-order valence-corrected chi connectivity index (χ2v) is 7.48. The summed E-state index contributed by atoms with van der Waals surface area (Å²) in [5, 5.41) is 2.92. The van der Waals surface area contributed by atoms with Crippen LogP contribution in [0.2, 0.25) is 0 Å². The highest BCUT2D eigenvalue weighted by atomic mass is 79.9. The van der Waals surface area contributed by atoms with Crippen LogP contribution < -0.4 is 10.1 Å². The molecule has 27 heavy (non-hydrogen) atoms. The normalized spacial score (nSPS) is 10.7. The minimum absolute atomic E-state index is 0.185. The molecule has 4 nitrogen and oxygen atoms in total. The third-order valence-electron chi connectivity index (χ3n) is 4.07. The first kappa shape index (κ1) is 19.1. The Morgan fingerprint density at radius 3 is 2.41 bits per heavy atom. The van der Waals surface area contributed by atoms with Crippen molar-refractivity contribution in [3.63, 3.8) is 0 Å². The largest absolute Gasteiger partial charge is 0.457 e. The molecule has 0 fully saturated rings. The average Bonchev–Trinajstić information content (AvgIpc) is 2.61. The molecule has 1 N–H and O–H groups in total. The molecule has 0 bridgehead atoms. The maximum atomic E-state index is 12.6. The Balaban J connectivity index is 1.75. The number of halogens is 1. The fourth-order valence-corrected chi connectivity index (χ4v) is 3.02. The summed E-state index contributed by atoms with van der Waals surface area (Å²) in [7, 11) is 0. The van der Waals surface area contributed by atoms with E-state index in [2.05, 4.69) is 40.1 Å². The number of benzene rings is 2. The first-order valence-corrected chi connectivity index (χ1v) is 9.54. The summed E-state index contributed by atoms with van der Waals surface area (Å²) in [5.41, 5.74) is 2.94. The molecule has 0 saturated heterocycles. The topological polar surface area (TPSA) is 51.2 Å². The van der Waals surface area contributed by atoms with Crippen LogP contribution in [0.1, 0.15) is 41.5 Å². The molecule has 3 rings (SSSR count). The van der Waals surface area contributed by atoms with E-state index < -0.39 is 0 Å². The van der Waals surface area contributed by atoms with Gasteiger partial charge in [-0.05, 0) is 55.3 Å². The van der Waals surface area contributed by atoms with Gasteiger partial charge in [0.1, 0.15) is 11.5 Å². The van der Waals surface area contributed by atoms with Gasteiger partial charge in [-0.3, -0.25) is 9.78 Å². The zero-order valence-electron chi connectivity index (χ0n) is 15.5. The van der Waals surface area contributed by atoms with Gasteiger partial charge in [0.15, 0.2) is 0 Å². The van der Waals surface area contributed by atoms with Crippen LogP contribution in [0.25, 0.3) is 0 Å². The van der Waals surface area contributed by atoms with Gasteiger partial charge in [0.25, 0.3) is 5.91 Å². The molecule has 0 aliphatic carbocycles. The molecule has 0 aliphatic heterocycles. The lowest BCUT2D eigenvalue weighted by Gasteiger charge is -2.11. The van der Waals surface area contributed by atoms with Crippen molar-refractivity contribution in [3.05, 3.63) is 82.1 Å². The average molecular weight is 425 g/mol. The molecule has 3 aromatic rings. The predicted molar refractivity (Wildman–Crippen MR) is 112 cm³/mol. The molecule has 1 heterocycles. The summed E-state index contributed by atoms with van der Waals surface area (Å²) >= 11 is 3.43. The number of amides is 1. The summed E-state index contributed by atoms with van der Waals surface area (Å²) in [6, 6.07) is 18.6. The van der Waals surface area contributed by atoms with Crippen LogP contribution in [-0.2, 0) is 0 Å². The number of ether oxygens (including phenoxy) is 1. The highest BCUT2D eigenvalue weighted by Crippen LogP contribution is 2.26. The van der Waals surface area contributed by atoms with Gasteiger partial charge in [0.2, 0.25) is 0 Å². The second-order valence-electron chi connectivity index (χ2n) is 6.57. The van der Waals surface area contributed by atoms with Crippen molar-refractivity contribution in [2.75, 3.05) is 5.32 Å². The molecule has 2 aromatic carbocycles. The summed E-state index contributed by atoms with van der Waals surface area (Å²) in [4.78, 5) is 17.2. The zero-order chi connectivity index (χ0) is 19.4. The van der Waals surface area contributed by atoms with Crippen molar-refractivity contribution in [1.82, 2.24) is 4.98 Å². The van der Waals surface area contributed by atoms with Gasteiger partial charge in [-0.15, -0.1) is 0 Å². The Bertz CT molecular complexity index is 970. The molecule has 0 saturated carbocycles. The fourth-order valence-electron chi connectivity index (χ4n) is 2.64. The van der Waals surface area contributed by atoms with Crippen molar-refractivity contribution < 1.29 is 9.53 Å². The van der Waals surface area contributed by atoms with E-state index in [0.717, 1.165) is 21.6 Å². The minimum atomic E-state index is -0.185. The smallest absolute Gasteiger partial charge is 0.257 e. The fraction of sp³-hybridized carbons (Fsp3) is 0.182. The summed E-state index contributed by atoms with van der Waals surface area (Å²) in [6.07, 6.45) is 0. The zero-order valence-corrected chi connectivity index (χ0v) is 17.1. The van der Waals surface area contributed by atoms with E-state index in [0.29, 0.717) is 22.9 Å². The Morgan fingerprint density at radius 2 is 1.74 bits per heavy atom. The van der Waals surface area contributed by atoms with E-state index in [1.54, 1.807) is 6.07 Å². The minimum Gasteiger partial charge on any atom is -0.457 e. The van der Waals surface area contributed by atoms with E-state index in [1.165, 1.54) is 0 Å². The number of hydrogen-bond donors (Lipinski definition) is 1. The van der Waals surface area contributed by atoms with E-state index >= 15 is 0 Å². The van der Waals surface area contributed by atoms with E-state index in [1.807, 2.05) is 61.5 Å². The van der Waals surface area contributed by atoms with Gasteiger partial charge < -0.3 is 10.1 Å². The molecular weight excluding hydrogens is 404 g/mol. The molecule has 0 aliphatic rings. The van der Waals surface area contributed by atoms with Crippen LogP contribution in [-0.4, -0.2) is 10.9 Å². The van der Waals surface area contributed by atoms with Crippen molar-refractivity contribution in [3.8, 4) is 11.5 Å². The molecule has 1 amide bonds. The maximum Gasteiger partial charge on any atom is 0.257 e.